The molecule has 0 spiro atoms. The van der Waals surface area contributed by atoms with Gasteiger partial charge < -0.3 is 16.0 Å². The van der Waals surface area contributed by atoms with Gasteiger partial charge in [-0.1, -0.05) is 12.1 Å². The molecule has 0 radical (unpaired) electrons. The molecule has 1 aliphatic rings. The van der Waals surface area contributed by atoms with Crippen LogP contribution in [0, 0.1) is 5.92 Å². The number of carbonyl (C=O) groups excluding carboxylic acids is 1. The molecule has 0 aliphatic heterocycles. The highest BCUT2D eigenvalue weighted by atomic mass is 16.1. The van der Waals surface area contributed by atoms with Crippen molar-refractivity contribution < 1.29 is 4.79 Å². The number of rotatable bonds is 4. The van der Waals surface area contributed by atoms with E-state index in [0.717, 1.165) is 42.4 Å². The maximum absolute atomic E-state index is 11.3. The number of nitrogens with one attached hydrogen (secondary N) is 1. The highest BCUT2D eigenvalue weighted by Crippen LogP contribution is 2.28. The summed E-state index contributed by atoms with van der Waals surface area (Å²) in [7, 11) is 3.97. The van der Waals surface area contributed by atoms with Crippen molar-refractivity contribution in [3.63, 3.8) is 0 Å². The van der Waals surface area contributed by atoms with Crippen molar-refractivity contribution in [3.05, 3.63) is 24.3 Å². The topological polar surface area (TPSA) is 84.1 Å². The number of carbonyl (C=O) groups is 1. The molecule has 1 aromatic carbocycles. The van der Waals surface area contributed by atoms with Gasteiger partial charge in [-0.25, -0.2) is 4.98 Å². The Morgan fingerprint density at radius 3 is 2.52 bits per heavy atom. The molecule has 0 saturated heterocycles. The minimum atomic E-state index is -0.180. The Morgan fingerprint density at radius 2 is 1.87 bits per heavy atom. The van der Waals surface area contributed by atoms with Gasteiger partial charge in [-0.15, -0.1) is 0 Å². The average Bonchev–Trinajstić information content (AvgIpc) is 2.54. The zero-order chi connectivity index (χ0) is 16.4. The lowest BCUT2D eigenvalue weighted by atomic mass is 9.86. The largest absolute Gasteiger partial charge is 0.369 e. The van der Waals surface area contributed by atoms with Crippen LogP contribution in [0.3, 0.4) is 0 Å². The molecule has 6 heteroatoms. The van der Waals surface area contributed by atoms with Crippen LogP contribution in [0.2, 0.25) is 0 Å². The van der Waals surface area contributed by atoms with E-state index in [-0.39, 0.29) is 11.8 Å². The second-order valence-electron chi connectivity index (χ2n) is 6.38. The highest BCUT2D eigenvalue weighted by molar-refractivity contribution is 5.90. The Hall–Kier alpha value is -2.37. The van der Waals surface area contributed by atoms with Crippen LogP contribution >= 0.6 is 0 Å². The zero-order valence-corrected chi connectivity index (χ0v) is 13.6. The molecule has 0 bridgehead atoms. The molecule has 1 aliphatic carbocycles. The molecular weight excluding hydrogens is 290 g/mol. The monoisotopic (exact) mass is 313 g/mol. The van der Waals surface area contributed by atoms with E-state index in [1.54, 1.807) is 0 Å². The lowest BCUT2D eigenvalue weighted by Crippen LogP contribution is -2.33. The molecule has 0 unspecified atom stereocenters. The predicted octanol–water partition coefficient (Wildman–Crippen LogP) is 2.15. The number of amides is 1. The highest BCUT2D eigenvalue weighted by Gasteiger charge is 2.25. The fraction of sp³-hybridized carbons (Fsp3) is 0.471. The van der Waals surface area contributed by atoms with Gasteiger partial charge in [-0.3, -0.25) is 4.79 Å². The first-order valence-electron chi connectivity index (χ1n) is 8.04. The van der Waals surface area contributed by atoms with Gasteiger partial charge in [-0.2, -0.15) is 4.98 Å². The van der Waals surface area contributed by atoms with Gasteiger partial charge in [0.25, 0.3) is 0 Å². The first-order valence-corrected chi connectivity index (χ1v) is 8.04. The predicted molar refractivity (Wildman–Crippen MR) is 92.4 cm³/mol. The Kier molecular flexibility index (Phi) is 4.32. The van der Waals surface area contributed by atoms with Crippen molar-refractivity contribution in [3.8, 4) is 0 Å². The minimum Gasteiger partial charge on any atom is -0.369 e. The molecule has 23 heavy (non-hydrogen) atoms. The second kappa shape index (κ2) is 6.40. The van der Waals surface area contributed by atoms with Crippen LogP contribution in [0.25, 0.3) is 10.9 Å². The van der Waals surface area contributed by atoms with Crippen LogP contribution in [0.4, 0.5) is 11.8 Å². The van der Waals surface area contributed by atoms with E-state index < -0.39 is 0 Å². The molecule has 1 amide bonds. The van der Waals surface area contributed by atoms with Crippen molar-refractivity contribution in [2.75, 3.05) is 24.3 Å². The van der Waals surface area contributed by atoms with Crippen LogP contribution in [0.5, 0.6) is 0 Å². The number of hydrogen-bond donors (Lipinski definition) is 2. The van der Waals surface area contributed by atoms with Crippen molar-refractivity contribution in [2.45, 2.75) is 31.7 Å². The van der Waals surface area contributed by atoms with E-state index in [0.29, 0.717) is 12.0 Å². The molecule has 3 rings (SSSR count). The smallest absolute Gasteiger partial charge is 0.225 e. The van der Waals surface area contributed by atoms with Crippen molar-refractivity contribution in [1.29, 1.82) is 0 Å². The third-order valence-electron chi connectivity index (χ3n) is 4.47. The number of para-hydroxylation sites is 1. The summed E-state index contributed by atoms with van der Waals surface area (Å²) in [6.07, 6.45) is 3.50. The Morgan fingerprint density at radius 1 is 1.17 bits per heavy atom. The van der Waals surface area contributed by atoms with Crippen LogP contribution in [0.1, 0.15) is 25.7 Å². The molecule has 2 aromatic rings. The molecule has 6 nitrogen and oxygen atoms in total. The second-order valence-corrected chi connectivity index (χ2v) is 6.38. The quantitative estimate of drug-likeness (QED) is 0.903. The molecule has 0 atom stereocenters. The molecule has 1 fully saturated rings. The Labute approximate surface area is 136 Å². The lowest BCUT2D eigenvalue weighted by Gasteiger charge is -2.27. The van der Waals surface area contributed by atoms with Crippen LogP contribution < -0.4 is 16.0 Å². The molecular formula is C17H23N5O. The molecule has 3 N–H and O–H groups in total. The van der Waals surface area contributed by atoms with Gasteiger partial charge in [-0.05, 0) is 37.8 Å². The SMILES string of the molecule is CN(C)c1nc(NC2CCC(C(N)=O)CC2)nc2ccccc12. The summed E-state index contributed by atoms with van der Waals surface area (Å²) >= 11 is 0. The van der Waals surface area contributed by atoms with Gasteiger partial charge in [0.15, 0.2) is 0 Å². The number of benzene rings is 1. The van der Waals surface area contributed by atoms with E-state index >= 15 is 0 Å². The minimum absolute atomic E-state index is 0.0166. The first-order chi connectivity index (χ1) is 11.0. The van der Waals surface area contributed by atoms with Crippen molar-refractivity contribution >= 4 is 28.6 Å². The average molecular weight is 313 g/mol. The first kappa shape index (κ1) is 15.5. The summed E-state index contributed by atoms with van der Waals surface area (Å²) in [6.45, 7) is 0. The third kappa shape index (κ3) is 3.36. The van der Waals surface area contributed by atoms with E-state index in [1.165, 1.54) is 0 Å². The fourth-order valence-corrected chi connectivity index (χ4v) is 3.17. The number of aromatic nitrogens is 2. The lowest BCUT2D eigenvalue weighted by molar-refractivity contribution is -0.122. The summed E-state index contributed by atoms with van der Waals surface area (Å²) in [5.41, 5.74) is 6.32. The summed E-state index contributed by atoms with van der Waals surface area (Å²) < 4.78 is 0. The number of primary amides is 1. The molecule has 1 heterocycles. The van der Waals surface area contributed by atoms with Gasteiger partial charge in [0.1, 0.15) is 5.82 Å². The van der Waals surface area contributed by atoms with Gasteiger partial charge in [0.05, 0.1) is 5.52 Å². The standard InChI is InChI=1S/C17H23N5O/c1-22(2)16-13-5-3-4-6-14(13)20-17(21-16)19-12-9-7-11(8-10-12)15(18)23/h3-6,11-12H,7-10H2,1-2H3,(H2,18,23)(H,19,20,21). The zero-order valence-electron chi connectivity index (χ0n) is 13.6. The van der Waals surface area contributed by atoms with Crippen LogP contribution in [-0.4, -0.2) is 36.0 Å². The fourth-order valence-electron chi connectivity index (χ4n) is 3.17. The third-order valence-corrected chi connectivity index (χ3v) is 4.47. The summed E-state index contributed by atoms with van der Waals surface area (Å²) in [5, 5.41) is 4.47. The van der Waals surface area contributed by atoms with E-state index in [9.17, 15) is 4.79 Å². The molecule has 122 valence electrons. The summed E-state index contributed by atoms with van der Waals surface area (Å²) in [5.74, 6) is 1.39. The van der Waals surface area contributed by atoms with E-state index in [2.05, 4.69) is 15.3 Å². The van der Waals surface area contributed by atoms with Crippen molar-refractivity contribution in [1.82, 2.24) is 9.97 Å². The molecule has 1 aromatic heterocycles. The van der Waals surface area contributed by atoms with Gasteiger partial charge >= 0.3 is 0 Å². The van der Waals surface area contributed by atoms with Gasteiger partial charge in [0, 0.05) is 31.4 Å². The van der Waals surface area contributed by atoms with E-state index in [1.807, 2.05) is 43.3 Å². The maximum atomic E-state index is 11.3. The Balaban J connectivity index is 1.80. The number of nitrogens with zero attached hydrogens (tertiary/aromatic N) is 3. The van der Waals surface area contributed by atoms with Crippen LogP contribution in [0.15, 0.2) is 24.3 Å². The molecule has 1 saturated carbocycles. The van der Waals surface area contributed by atoms with E-state index in [4.69, 9.17) is 5.73 Å². The van der Waals surface area contributed by atoms with Crippen LogP contribution in [-0.2, 0) is 4.79 Å². The normalized spacial score (nSPS) is 21.1. The summed E-state index contributed by atoms with van der Waals surface area (Å²) in [6, 6.07) is 8.31. The Bertz CT molecular complexity index is 707. The number of anilines is 2. The maximum Gasteiger partial charge on any atom is 0.225 e. The van der Waals surface area contributed by atoms with Crippen molar-refractivity contribution in [2.24, 2.45) is 11.7 Å². The summed E-state index contributed by atoms with van der Waals surface area (Å²) in [4.78, 5) is 22.5. The number of nitrogens with two attached hydrogens (primary N) is 1. The number of hydrogen-bond acceptors (Lipinski definition) is 5. The number of fused-ring (bicyclic) bond motifs is 1. The van der Waals surface area contributed by atoms with Gasteiger partial charge in [0.2, 0.25) is 11.9 Å².